The van der Waals surface area contributed by atoms with Gasteiger partial charge in [0.1, 0.15) is 0 Å². The standard InChI is InChI=1S/C10H10O2.3CO.Cr/c11-9-5-6-10(12)8-4-2-1-3-7(8)9;3*1-2;/h1-4,9,11H,5-6H2;;;;/t9-;;;;/m0..../s1. The maximum Gasteiger partial charge on any atom is 0 e. The van der Waals surface area contributed by atoms with E-state index in [1.54, 1.807) is 6.07 Å². The van der Waals surface area contributed by atoms with E-state index in [0.717, 1.165) is 5.56 Å². The Labute approximate surface area is 121 Å². The molecule has 0 spiro atoms. The zero-order chi connectivity index (χ0) is 14.6. The molecule has 0 fully saturated rings. The predicted molar refractivity (Wildman–Crippen MR) is 56.8 cm³/mol. The van der Waals surface area contributed by atoms with Crippen molar-refractivity contribution in [3.8, 4) is 0 Å². The Balaban J connectivity index is -0.000000325. The Kier molecular flexibility index (Phi) is 17.6. The van der Waals surface area contributed by atoms with Gasteiger partial charge in [-0.2, -0.15) is 0 Å². The van der Waals surface area contributed by atoms with Crippen molar-refractivity contribution in [1.29, 1.82) is 0 Å². The van der Waals surface area contributed by atoms with Gasteiger partial charge in [-0.25, -0.2) is 0 Å². The number of carbonyl (C=O) groups is 1. The predicted octanol–water partition coefficient (Wildman–Crippen LogP) is 1.58. The Morgan fingerprint density at radius 2 is 1.53 bits per heavy atom. The van der Waals surface area contributed by atoms with E-state index in [0.29, 0.717) is 18.4 Å². The first-order valence-corrected chi connectivity index (χ1v) is 4.70. The van der Waals surface area contributed by atoms with E-state index >= 15 is 0 Å². The van der Waals surface area contributed by atoms with E-state index < -0.39 is 6.10 Å². The zero-order valence-electron chi connectivity index (χ0n) is 9.79. The first-order chi connectivity index (χ1) is 8.79. The number of Topliss-reactive ketones (excluding diaryl/α,β-unsaturated/α-hetero) is 1. The summed E-state index contributed by atoms with van der Waals surface area (Å²) in [7, 11) is 0. The summed E-state index contributed by atoms with van der Waals surface area (Å²) in [5, 5.41) is 9.53. The van der Waals surface area contributed by atoms with Crippen LogP contribution in [-0.2, 0) is 31.3 Å². The number of hydrogen-bond acceptors (Lipinski definition) is 2. The minimum absolute atomic E-state index is 0. The van der Waals surface area contributed by atoms with Crippen molar-refractivity contribution in [2.45, 2.75) is 18.9 Å². The van der Waals surface area contributed by atoms with E-state index in [-0.39, 0.29) is 23.1 Å². The normalized spacial score (nSPS) is 14.3. The molecule has 0 saturated heterocycles. The third-order valence-electron chi connectivity index (χ3n) is 2.27. The van der Waals surface area contributed by atoms with Gasteiger partial charge in [0.15, 0.2) is 5.78 Å². The molecule has 0 bridgehead atoms. The van der Waals surface area contributed by atoms with E-state index in [1.807, 2.05) is 18.2 Å². The second-order valence-electron chi connectivity index (χ2n) is 3.06. The summed E-state index contributed by atoms with van der Waals surface area (Å²) in [5.74, 6) is 0.149. The van der Waals surface area contributed by atoms with Gasteiger partial charge in [0, 0.05) is 29.3 Å². The van der Waals surface area contributed by atoms with Crippen LogP contribution in [-0.4, -0.2) is 10.9 Å². The smallest absolute Gasteiger partial charge is 0 e. The van der Waals surface area contributed by atoms with Crippen LogP contribution >= 0.6 is 0 Å². The molecule has 1 aromatic rings. The number of rotatable bonds is 0. The van der Waals surface area contributed by atoms with Crippen LogP contribution in [0.3, 0.4) is 0 Å². The molecule has 0 aliphatic heterocycles. The Hall–Kier alpha value is -1.40. The molecule has 5 nitrogen and oxygen atoms in total. The fourth-order valence-corrected chi connectivity index (χ4v) is 1.60. The van der Waals surface area contributed by atoms with Crippen LogP contribution in [0.5, 0.6) is 0 Å². The summed E-state index contributed by atoms with van der Waals surface area (Å²) in [6.45, 7) is 13.5. The number of benzene rings is 1. The largest absolute Gasteiger partial charge is 0 e. The average molecular weight is 298 g/mol. The van der Waals surface area contributed by atoms with Crippen LogP contribution in [0.4, 0.5) is 0 Å². The van der Waals surface area contributed by atoms with E-state index in [9.17, 15) is 9.90 Å². The van der Waals surface area contributed by atoms with Crippen LogP contribution in [0.2, 0.25) is 0 Å². The van der Waals surface area contributed by atoms with Crippen LogP contribution in [0.25, 0.3) is 0 Å². The molecule has 6 heteroatoms. The van der Waals surface area contributed by atoms with Crippen molar-refractivity contribution in [3.05, 3.63) is 55.3 Å². The Morgan fingerprint density at radius 3 is 2.00 bits per heavy atom. The second kappa shape index (κ2) is 14.7. The summed E-state index contributed by atoms with van der Waals surface area (Å²) in [5.41, 5.74) is 1.48. The maximum atomic E-state index is 11.3. The summed E-state index contributed by atoms with van der Waals surface area (Å²) in [6.07, 6.45) is 0.590. The molecule has 0 amide bonds. The number of carbonyl (C=O) groups excluding carboxylic acids is 1. The quantitative estimate of drug-likeness (QED) is 0.581. The van der Waals surface area contributed by atoms with E-state index in [2.05, 4.69) is 20.0 Å². The molecule has 1 N–H and O–H groups in total. The second-order valence-corrected chi connectivity index (χ2v) is 3.06. The van der Waals surface area contributed by atoms with Gasteiger partial charge >= 0.3 is 33.9 Å². The van der Waals surface area contributed by atoms with Gasteiger partial charge in [0.25, 0.3) is 0 Å². The monoisotopic (exact) mass is 298 g/mol. The molecule has 2 rings (SSSR count). The number of aliphatic hydroxyl groups excluding tert-OH is 1. The molecule has 0 saturated carbocycles. The minimum Gasteiger partial charge on any atom is 0 e. The third-order valence-corrected chi connectivity index (χ3v) is 2.27. The minimum atomic E-state index is -0.445. The van der Waals surface area contributed by atoms with Crippen molar-refractivity contribution in [1.82, 2.24) is 0 Å². The number of ketones is 1. The molecule has 0 heterocycles. The first kappa shape index (κ1) is 22.8. The molecule has 98 valence electrons. The summed E-state index contributed by atoms with van der Waals surface area (Å²) >= 11 is 0. The summed E-state index contributed by atoms with van der Waals surface area (Å²) in [4.78, 5) is 11.3. The van der Waals surface area contributed by atoms with Crippen LogP contribution in [0.15, 0.2) is 24.3 Å². The Bertz CT molecular complexity index is 422. The Morgan fingerprint density at radius 1 is 1.05 bits per heavy atom. The van der Waals surface area contributed by atoms with Crippen LogP contribution in [0, 0.1) is 20.0 Å². The molecular weight excluding hydrogens is 288 g/mol. The molecule has 1 aromatic carbocycles. The number of aliphatic hydroxyl groups is 1. The number of fused-ring (bicyclic) bond motifs is 1. The fraction of sp³-hybridized carbons (Fsp3) is 0.231. The topological polar surface area (TPSA) is 97.0 Å². The average Bonchev–Trinajstić information content (AvgIpc) is 2.50. The molecule has 0 unspecified atom stereocenters. The van der Waals surface area contributed by atoms with Gasteiger partial charge < -0.3 is 5.11 Å². The number of hydrogen-bond donors (Lipinski definition) is 1. The molecule has 1 aliphatic carbocycles. The molecule has 0 aromatic heterocycles. The van der Waals surface area contributed by atoms with Crippen LogP contribution in [0.1, 0.15) is 34.9 Å². The SMILES string of the molecule is O=C1CC[C@H](O)c2ccccc21.[C-]#[O+].[C-]#[O+].[C-]#[O+].[Cr]. The summed E-state index contributed by atoms with van der Waals surface area (Å²) < 4.78 is 22.5. The third kappa shape index (κ3) is 6.93. The van der Waals surface area contributed by atoms with Crippen LogP contribution < -0.4 is 0 Å². The molecule has 1 aliphatic rings. The van der Waals surface area contributed by atoms with Crippen molar-refractivity contribution in [2.24, 2.45) is 0 Å². The van der Waals surface area contributed by atoms with Crippen molar-refractivity contribution >= 4 is 5.78 Å². The van der Waals surface area contributed by atoms with Gasteiger partial charge in [-0.3, -0.25) is 4.79 Å². The first-order valence-electron chi connectivity index (χ1n) is 4.70. The van der Waals surface area contributed by atoms with Gasteiger partial charge in [0.2, 0.25) is 0 Å². The van der Waals surface area contributed by atoms with Crippen molar-refractivity contribution in [3.63, 3.8) is 0 Å². The van der Waals surface area contributed by atoms with Crippen molar-refractivity contribution < 1.29 is 41.2 Å². The van der Waals surface area contributed by atoms with E-state index in [4.69, 9.17) is 14.0 Å². The van der Waals surface area contributed by atoms with Gasteiger partial charge in [-0.05, 0) is 12.0 Å². The molecule has 0 radical (unpaired) electrons. The van der Waals surface area contributed by atoms with E-state index in [1.165, 1.54) is 0 Å². The van der Waals surface area contributed by atoms with Gasteiger partial charge in [-0.1, -0.05) is 24.3 Å². The zero-order valence-corrected chi connectivity index (χ0v) is 11.1. The summed E-state index contributed by atoms with van der Waals surface area (Å²) in [6, 6.07) is 7.27. The maximum absolute atomic E-state index is 11.3. The molecule has 1 atom stereocenters. The molecular formula is C13H10CrO5. The van der Waals surface area contributed by atoms with Gasteiger partial charge in [0.05, 0.1) is 6.10 Å². The molecule has 19 heavy (non-hydrogen) atoms. The van der Waals surface area contributed by atoms with Gasteiger partial charge in [-0.15, -0.1) is 0 Å². The van der Waals surface area contributed by atoms with Crippen molar-refractivity contribution in [2.75, 3.05) is 0 Å². The fourth-order valence-electron chi connectivity index (χ4n) is 1.60.